The second kappa shape index (κ2) is 7.56. The van der Waals surface area contributed by atoms with Gasteiger partial charge in [-0.25, -0.2) is 0 Å². The molecule has 0 radical (unpaired) electrons. The van der Waals surface area contributed by atoms with Gasteiger partial charge in [-0.3, -0.25) is 15.1 Å². The van der Waals surface area contributed by atoms with Gasteiger partial charge in [-0.2, -0.15) is 8.78 Å². The topological polar surface area (TPSA) is 69.3 Å². The molecule has 152 valence electrons. The average molecular weight is 396 g/mol. The Bertz CT molecular complexity index is 780. The van der Waals surface area contributed by atoms with Crippen LogP contribution in [0, 0.1) is 0 Å². The first-order valence-corrected chi connectivity index (χ1v) is 9.20. The second-order valence-electron chi connectivity index (χ2n) is 7.16. The zero-order valence-electron chi connectivity index (χ0n) is 15.5. The molecule has 0 aliphatic carbocycles. The van der Waals surface area contributed by atoms with Gasteiger partial charge >= 0.3 is 6.61 Å². The van der Waals surface area contributed by atoms with Gasteiger partial charge in [0.1, 0.15) is 11.7 Å². The van der Waals surface area contributed by atoms with Crippen molar-refractivity contribution < 1.29 is 32.6 Å². The summed E-state index contributed by atoms with van der Waals surface area (Å²) >= 11 is 0. The van der Waals surface area contributed by atoms with Crippen molar-refractivity contribution in [3.8, 4) is 11.5 Å². The van der Waals surface area contributed by atoms with E-state index in [1.54, 1.807) is 17.0 Å². The highest BCUT2D eigenvalue weighted by Gasteiger charge is 2.39. The summed E-state index contributed by atoms with van der Waals surface area (Å²) in [5.41, 5.74) is 3.84. The fraction of sp³-hybridized carbons (Fsp3) is 0.526. The van der Waals surface area contributed by atoms with Crippen LogP contribution in [0.3, 0.4) is 0 Å². The third kappa shape index (κ3) is 3.90. The van der Waals surface area contributed by atoms with E-state index >= 15 is 0 Å². The molecule has 1 amide bonds. The van der Waals surface area contributed by atoms with Gasteiger partial charge < -0.3 is 19.1 Å². The number of halogens is 2. The van der Waals surface area contributed by atoms with Crippen LogP contribution in [0.1, 0.15) is 25.3 Å². The molecule has 0 bridgehead atoms. The Hall–Kier alpha value is -2.39. The quantitative estimate of drug-likeness (QED) is 0.824. The molecule has 3 heterocycles. The zero-order valence-corrected chi connectivity index (χ0v) is 15.5. The summed E-state index contributed by atoms with van der Waals surface area (Å²) in [7, 11) is 0. The number of alkyl halides is 2. The fourth-order valence-corrected chi connectivity index (χ4v) is 3.63. The Balaban J connectivity index is 1.56. The van der Waals surface area contributed by atoms with Gasteiger partial charge in [-0.1, -0.05) is 0 Å². The van der Waals surface area contributed by atoms with Crippen molar-refractivity contribution in [2.75, 3.05) is 26.3 Å². The van der Waals surface area contributed by atoms with Crippen LogP contribution in [0.25, 0.3) is 5.70 Å². The SMILES string of the molecule is CC(=O)N1CC[C@H](Oc2cc(C3=CC4(CCOC4)ON3)ccc2OC(F)F)C1. The van der Waals surface area contributed by atoms with Crippen molar-refractivity contribution in [1.82, 2.24) is 10.4 Å². The fourth-order valence-electron chi connectivity index (χ4n) is 3.63. The van der Waals surface area contributed by atoms with E-state index in [0.29, 0.717) is 32.7 Å². The standard InChI is InChI=1S/C19H22F2N2O5/c1-12(24)23-6-4-14(10-23)26-17-8-13(2-3-16(17)27-18(20)21)15-9-19(28-22-15)5-7-25-11-19/h2-3,8-9,14,18,22H,4-7,10-11H2,1H3/t14-,19?/m0/s1. The Labute approximate surface area is 161 Å². The number of benzene rings is 1. The molecule has 1 spiro atoms. The number of hydroxylamine groups is 1. The Morgan fingerprint density at radius 3 is 2.93 bits per heavy atom. The normalized spacial score (nSPS) is 26.6. The Kier molecular flexibility index (Phi) is 5.11. The highest BCUT2D eigenvalue weighted by Crippen LogP contribution is 2.37. The van der Waals surface area contributed by atoms with E-state index in [0.717, 1.165) is 17.7 Å². The minimum absolute atomic E-state index is 0.0366. The van der Waals surface area contributed by atoms with Crippen LogP contribution < -0.4 is 15.0 Å². The number of nitrogens with one attached hydrogen (secondary N) is 1. The van der Waals surface area contributed by atoms with Crippen LogP contribution in [0.5, 0.6) is 11.5 Å². The molecule has 0 aromatic heterocycles. The summed E-state index contributed by atoms with van der Waals surface area (Å²) in [6, 6.07) is 4.76. The number of ether oxygens (including phenoxy) is 3. The van der Waals surface area contributed by atoms with Crippen LogP contribution in [-0.4, -0.2) is 55.4 Å². The molecular formula is C19H22F2N2O5. The van der Waals surface area contributed by atoms with Gasteiger partial charge in [0.2, 0.25) is 5.91 Å². The number of rotatable bonds is 5. The monoisotopic (exact) mass is 396 g/mol. The number of carbonyl (C=O) groups excluding carboxylic acids is 1. The molecule has 1 N–H and O–H groups in total. The largest absolute Gasteiger partial charge is 0.485 e. The molecule has 1 unspecified atom stereocenters. The minimum Gasteiger partial charge on any atom is -0.485 e. The summed E-state index contributed by atoms with van der Waals surface area (Å²) < 4.78 is 41.5. The minimum atomic E-state index is -2.96. The summed E-state index contributed by atoms with van der Waals surface area (Å²) in [6.07, 6.45) is 3.03. The number of hydrogen-bond acceptors (Lipinski definition) is 6. The third-order valence-corrected chi connectivity index (χ3v) is 5.14. The number of likely N-dealkylation sites (tertiary alicyclic amines) is 1. The molecule has 3 aliphatic rings. The predicted octanol–water partition coefficient (Wildman–Crippen LogP) is 2.32. The van der Waals surface area contributed by atoms with E-state index in [4.69, 9.17) is 14.3 Å². The molecule has 4 rings (SSSR count). The molecule has 9 heteroatoms. The molecule has 1 aromatic carbocycles. The molecule has 3 aliphatic heterocycles. The highest BCUT2D eigenvalue weighted by atomic mass is 19.3. The van der Waals surface area contributed by atoms with Gasteiger partial charge in [0.15, 0.2) is 11.5 Å². The van der Waals surface area contributed by atoms with Gasteiger partial charge in [0, 0.05) is 38.5 Å². The first-order valence-electron chi connectivity index (χ1n) is 9.20. The van der Waals surface area contributed by atoms with E-state index in [9.17, 15) is 13.6 Å². The molecule has 0 saturated carbocycles. The maximum atomic E-state index is 12.8. The van der Waals surface area contributed by atoms with Gasteiger partial charge in [0.25, 0.3) is 0 Å². The van der Waals surface area contributed by atoms with Crippen LogP contribution in [0.15, 0.2) is 24.3 Å². The maximum Gasteiger partial charge on any atom is 0.387 e. The van der Waals surface area contributed by atoms with Crippen LogP contribution >= 0.6 is 0 Å². The van der Waals surface area contributed by atoms with Gasteiger partial charge in [0.05, 0.1) is 18.8 Å². The summed E-state index contributed by atoms with van der Waals surface area (Å²) in [6.45, 7) is 0.607. The number of amides is 1. The van der Waals surface area contributed by atoms with Crippen LogP contribution in [-0.2, 0) is 14.4 Å². The first kappa shape index (κ1) is 18.9. The zero-order chi connectivity index (χ0) is 19.7. The van der Waals surface area contributed by atoms with Crippen molar-refractivity contribution in [2.45, 2.75) is 38.1 Å². The van der Waals surface area contributed by atoms with E-state index in [-0.39, 0.29) is 23.5 Å². The third-order valence-electron chi connectivity index (χ3n) is 5.14. The summed E-state index contributed by atoms with van der Waals surface area (Å²) in [5, 5.41) is 0. The van der Waals surface area contributed by atoms with Crippen LogP contribution in [0.4, 0.5) is 8.78 Å². The van der Waals surface area contributed by atoms with Crippen LogP contribution in [0.2, 0.25) is 0 Å². The van der Waals surface area contributed by atoms with E-state index in [1.807, 2.05) is 6.08 Å². The Morgan fingerprint density at radius 2 is 2.25 bits per heavy atom. The van der Waals surface area contributed by atoms with Crippen molar-refractivity contribution in [2.24, 2.45) is 0 Å². The molecule has 28 heavy (non-hydrogen) atoms. The summed E-state index contributed by atoms with van der Waals surface area (Å²) in [5.74, 6) is 0.128. The smallest absolute Gasteiger partial charge is 0.387 e. The summed E-state index contributed by atoms with van der Waals surface area (Å²) in [4.78, 5) is 18.9. The number of nitrogens with zero attached hydrogens (tertiary/aromatic N) is 1. The molecule has 1 aromatic rings. The highest BCUT2D eigenvalue weighted by molar-refractivity contribution is 5.73. The maximum absolute atomic E-state index is 12.8. The second-order valence-corrected chi connectivity index (χ2v) is 7.16. The van der Waals surface area contributed by atoms with E-state index in [1.165, 1.54) is 13.0 Å². The van der Waals surface area contributed by atoms with Crippen molar-refractivity contribution in [3.63, 3.8) is 0 Å². The molecule has 2 fully saturated rings. The first-order chi connectivity index (χ1) is 13.4. The molecule has 2 saturated heterocycles. The van der Waals surface area contributed by atoms with Crippen molar-refractivity contribution in [1.29, 1.82) is 0 Å². The lowest BCUT2D eigenvalue weighted by Gasteiger charge is -2.19. The average Bonchev–Trinajstić information content (AvgIpc) is 3.39. The lowest BCUT2D eigenvalue weighted by molar-refractivity contribution is -0.128. The van der Waals surface area contributed by atoms with Gasteiger partial charge in [-0.15, -0.1) is 0 Å². The van der Waals surface area contributed by atoms with E-state index in [2.05, 4.69) is 10.2 Å². The van der Waals surface area contributed by atoms with Crippen molar-refractivity contribution >= 4 is 11.6 Å². The van der Waals surface area contributed by atoms with E-state index < -0.39 is 12.2 Å². The molecule has 7 nitrogen and oxygen atoms in total. The predicted molar refractivity (Wildman–Crippen MR) is 94.7 cm³/mol. The molecular weight excluding hydrogens is 374 g/mol. The Morgan fingerprint density at radius 1 is 1.39 bits per heavy atom. The number of hydrogen-bond donors (Lipinski definition) is 1. The van der Waals surface area contributed by atoms with Gasteiger partial charge in [-0.05, 0) is 24.3 Å². The lowest BCUT2D eigenvalue weighted by Crippen LogP contribution is -2.29. The molecule has 2 atom stereocenters. The lowest BCUT2D eigenvalue weighted by atomic mass is 10.0. The number of carbonyl (C=O) groups is 1. The van der Waals surface area contributed by atoms with Crippen molar-refractivity contribution in [3.05, 3.63) is 29.8 Å².